The number of likely N-dealkylation sites (tertiary alicyclic amines) is 1. The standard InChI is InChI=1S/C17H18FN7O/c18-14-5-3-12(4-6-14)17-21-23-25(22-17)11-15(26)24-9-1-2-13(10-24)16-19-7-8-20-16/h3-8,13H,1-2,9-11H2,(H,19,20). The van der Waals surface area contributed by atoms with Crippen molar-refractivity contribution in [3.05, 3.63) is 48.3 Å². The number of H-pyrrole nitrogens is 1. The molecule has 8 nitrogen and oxygen atoms in total. The molecule has 1 unspecified atom stereocenters. The van der Waals surface area contributed by atoms with Crippen molar-refractivity contribution in [2.75, 3.05) is 13.1 Å². The lowest BCUT2D eigenvalue weighted by Crippen LogP contribution is -2.41. The van der Waals surface area contributed by atoms with E-state index in [-0.39, 0.29) is 24.2 Å². The van der Waals surface area contributed by atoms with Gasteiger partial charge in [0.1, 0.15) is 18.2 Å². The highest BCUT2D eigenvalue weighted by molar-refractivity contribution is 5.76. The number of hydrogen-bond donors (Lipinski definition) is 1. The van der Waals surface area contributed by atoms with Crippen molar-refractivity contribution in [2.45, 2.75) is 25.3 Å². The van der Waals surface area contributed by atoms with Crippen LogP contribution in [0.2, 0.25) is 0 Å². The Balaban J connectivity index is 1.41. The predicted octanol–water partition coefficient (Wildman–Crippen LogP) is 1.61. The number of aromatic amines is 1. The van der Waals surface area contributed by atoms with Gasteiger partial charge in [0.15, 0.2) is 0 Å². The van der Waals surface area contributed by atoms with Crippen LogP contribution in [0.5, 0.6) is 0 Å². The van der Waals surface area contributed by atoms with E-state index in [1.54, 1.807) is 24.5 Å². The maximum absolute atomic E-state index is 13.0. The number of imidazole rings is 1. The second-order valence-corrected chi connectivity index (χ2v) is 6.30. The molecule has 1 fully saturated rings. The summed E-state index contributed by atoms with van der Waals surface area (Å²) in [5, 5.41) is 12.1. The van der Waals surface area contributed by atoms with Gasteiger partial charge in [-0.05, 0) is 42.3 Å². The number of halogens is 1. The molecule has 0 bridgehead atoms. The van der Waals surface area contributed by atoms with Gasteiger partial charge < -0.3 is 9.88 Å². The van der Waals surface area contributed by atoms with Crippen LogP contribution in [-0.4, -0.2) is 54.1 Å². The molecule has 0 spiro atoms. The lowest BCUT2D eigenvalue weighted by molar-refractivity contribution is -0.133. The van der Waals surface area contributed by atoms with Crippen LogP contribution in [0.25, 0.3) is 11.4 Å². The summed E-state index contributed by atoms with van der Waals surface area (Å²) >= 11 is 0. The van der Waals surface area contributed by atoms with Crippen molar-refractivity contribution in [1.29, 1.82) is 0 Å². The van der Waals surface area contributed by atoms with Gasteiger partial charge >= 0.3 is 0 Å². The zero-order chi connectivity index (χ0) is 17.9. The average molecular weight is 355 g/mol. The largest absolute Gasteiger partial charge is 0.348 e. The number of nitrogens with one attached hydrogen (secondary N) is 1. The Morgan fingerprint density at radius 2 is 2.15 bits per heavy atom. The van der Waals surface area contributed by atoms with Gasteiger partial charge in [0, 0.05) is 37.0 Å². The van der Waals surface area contributed by atoms with Crippen LogP contribution in [0.3, 0.4) is 0 Å². The van der Waals surface area contributed by atoms with E-state index < -0.39 is 0 Å². The molecule has 1 amide bonds. The quantitative estimate of drug-likeness (QED) is 0.767. The van der Waals surface area contributed by atoms with E-state index in [1.807, 2.05) is 4.90 Å². The van der Waals surface area contributed by atoms with Crippen LogP contribution in [-0.2, 0) is 11.3 Å². The van der Waals surface area contributed by atoms with Crippen molar-refractivity contribution < 1.29 is 9.18 Å². The van der Waals surface area contributed by atoms with E-state index in [2.05, 4.69) is 25.4 Å². The Morgan fingerprint density at radius 3 is 2.92 bits per heavy atom. The lowest BCUT2D eigenvalue weighted by atomic mass is 9.97. The number of carbonyl (C=O) groups is 1. The molecule has 9 heteroatoms. The van der Waals surface area contributed by atoms with Crippen LogP contribution in [0.1, 0.15) is 24.6 Å². The Labute approximate surface area is 149 Å². The van der Waals surface area contributed by atoms with Gasteiger partial charge in [-0.1, -0.05) is 0 Å². The summed E-state index contributed by atoms with van der Waals surface area (Å²) in [5.74, 6) is 1.13. The van der Waals surface area contributed by atoms with E-state index in [4.69, 9.17) is 0 Å². The lowest BCUT2D eigenvalue weighted by Gasteiger charge is -2.31. The summed E-state index contributed by atoms with van der Waals surface area (Å²) in [6.07, 6.45) is 5.47. The van der Waals surface area contributed by atoms with Crippen molar-refractivity contribution in [3.63, 3.8) is 0 Å². The molecule has 0 aliphatic carbocycles. The fourth-order valence-electron chi connectivity index (χ4n) is 3.17. The maximum Gasteiger partial charge on any atom is 0.246 e. The van der Waals surface area contributed by atoms with Gasteiger partial charge in [0.05, 0.1) is 0 Å². The number of piperidine rings is 1. The third-order valence-electron chi connectivity index (χ3n) is 4.51. The van der Waals surface area contributed by atoms with Gasteiger partial charge in [-0.3, -0.25) is 4.79 Å². The summed E-state index contributed by atoms with van der Waals surface area (Å²) in [4.78, 5) is 23.1. The van der Waals surface area contributed by atoms with E-state index in [9.17, 15) is 9.18 Å². The van der Waals surface area contributed by atoms with Crippen molar-refractivity contribution >= 4 is 5.91 Å². The number of carbonyl (C=O) groups excluding carboxylic acids is 1. The molecular weight excluding hydrogens is 337 g/mol. The van der Waals surface area contributed by atoms with E-state index >= 15 is 0 Å². The SMILES string of the molecule is O=C(Cn1nnc(-c2ccc(F)cc2)n1)N1CCCC(c2ncc[nH]2)C1. The number of tetrazole rings is 1. The summed E-state index contributed by atoms with van der Waals surface area (Å²) in [7, 11) is 0. The maximum atomic E-state index is 13.0. The zero-order valence-corrected chi connectivity index (χ0v) is 14.0. The molecule has 1 aliphatic heterocycles. The third kappa shape index (κ3) is 3.46. The van der Waals surface area contributed by atoms with Gasteiger partial charge in [0.25, 0.3) is 0 Å². The van der Waals surface area contributed by atoms with E-state index in [0.29, 0.717) is 17.9 Å². The smallest absolute Gasteiger partial charge is 0.246 e. The van der Waals surface area contributed by atoms with Gasteiger partial charge in [-0.25, -0.2) is 9.37 Å². The minimum Gasteiger partial charge on any atom is -0.348 e. The Morgan fingerprint density at radius 1 is 1.31 bits per heavy atom. The van der Waals surface area contributed by atoms with Crippen LogP contribution in [0.4, 0.5) is 4.39 Å². The highest BCUT2D eigenvalue weighted by Crippen LogP contribution is 2.24. The van der Waals surface area contributed by atoms with Crippen molar-refractivity contribution in [1.82, 2.24) is 35.1 Å². The predicted molar refractivity (Wildman–Crippen MR) is 90.4 cm³/mol. The molecule has 3 aromatic rings. The number of hydrogen-bond acceptors (Lipinski definition) is 5. The minimum absolute atomic E-state index is 0.0269. The Bertz CT molecular complexity index is 875. The van der Waals surface area contributed by atoms with Crippen LogP contribution >= 0.6 is 0 Å². The number of amides is 1. The Hall–Kier alpha value is -3.10. The van der Waals surface area contributed by atoms with E-state index in [0.717, 1.165) is 25.2 Å². The molecule has 1 atom stereocenters. The summed E-state index contributed by atoms with van der Waals surface area (Å²) in [6.45, 7) is 1.38. The normalized spacial score (nSPS) is 17.4. The van der Waals surface area contributed by atoms with Gasteiger partial charge in [-0.2, -0.15) is 4.80 Å². The molecule has 2 aromatic heterocycles. The molecule has 1 N–H and O–H groups in total. The molecule has 1 saturated heterocycles. The summed E-state index contributed by atoms with van der Waals surface area (Å²) < 4.78 is 13.0. The molecule has 0 radical (unpaired) electrons. The molecule has 1 aliphatic rings. The number of benzene rings is 1. The fourth-order valence-corrected chi connectivity index (χ4v) is 3.17. The molecule has 3 heterocycles. The van der Waals surface area contributed by atoms with Crippen LogP contribution in [0, 0.1) is 5.82 Å². The molecule has 0 saturated carbocycles. The van der Waals surface area contributed by atoms with Crippen molar-refractivity contribution in [2.24, 2.45) is 0 Å². The third-order valence-corrected chi connectivity index (χ3v) is 4.51. The fraction of sp³-hybridized carbons (Fsp3) is 0.353. The molecular formula is C17H18FN7O. The van der Waals surface area contributed by atoms with Crippen molar-refractivity contribution in [3.8, 4) is 11.4 Å². The average Bonchev–Trinajstić information content (AvgIpc) is 3.34. The first-order valence-corrected chi connectivity index (χ1v) is 8.50. The minimum atomic E-state index is -0.326. The summed E-state index contributed by atoms with van der Waals surface area (Å²) in [6, 6.07) is 5.83. The second kappa shape index (κ2) is 7.03. The number of nitrogens with zero attached hydrogens (tertiary/aromatic N) is 6. The monoisotopic (exact) mass is 355 g/mol. The first-order valence-electron chi connectivity index (χ1n) is 8.50. The molecule has 4 rings (SSSR count). The highest BCUT2D eigenvalue weighted by atomic mass is 19.1. The zero-order valence-electron chi connectivity index (χ0n) is 14.0. The van der Waals surface area contributed by atoms with Gasteiger partial charge in [0.2, 0.25) is 11.7 Å². The Kier molecular flexibility index (Phi) is 4.42. The molecule has 134 valence electrons. The number of aromatic nitrogens is 6. The number of rotatable bonds is 4. The topological polar surface area (TPSA) is 92.6 Å². The van der Waals surface area contributed by atoms with E-state index in [1.165, 1.54) is 16.9 Å². The first kappa shape index (κ1) is 16.4. The van der Waals surface area contributed by atoms with Crippen LogP contribution in [0.15, 0.2) is 36.7 Å². The highest BCUT2D eigenvalue weighted by Gasteiger charge is 2.26. The van der Waals surface area contributed by atoms with Crippen LogP contribution < -0.4 is 0 Å². The van der Waals surface area contributed by atoms with Gasteiger partial charge in [-0.15, -0.1) is 10.2 Å². The second-order valence-electron chi connectivity index (χ2n) is 6.30. The molecule has 1 aromatic carbocycles. The molecule has 26 heavy (non-hydrogen) atoms. The summed E-state index contributed by atoms with van der Waals surface area (Å²) in [5.41, 5.74) is 0.654. The first-order chi connectivity index (χ1) is 12.7.